The normalized spacial score (nSPS) is 10.8. The number of hydrogen-bond donors (Lipinski definition) is 2. The average Bonchev–Trinajstić information content (AvgIpc) is 2.17. The Labute approximate surface area is 85.7 Å². The van der Waals surface area contributed by atoms with Crippen molar-refractivity contribution in [3.8, 4) is 0 Å². The fourth-order valence-electron chi connectivity index (χ4n) is 1.57. The number of nitrogens with one attached hydrogen (secondary N) is 1. The number of rotatable bonds is 2. The van der Waals surface area contributed by atoms with Crippen LogP contribution >= 0.6 is 0 Å². The lowest BCUT2D eigenvalue weighted by atomic mass is 10.1. The van der Waals surface area contributed by atoms with E-state index in [0.717, 1.165) is 5.69 Å². The van der Waals surface area contributed by atoms with Gasteiger partial charge in [-0.05, 0) is 31.2 Å². The predicted molar refractivity (Wildman–Crippen MR) is 57.3 cm³/mol. The summed E-state index contributed by atoms with van der Waals surface area (Å²) in [6.45, 7) is 0.455. The van der Waals surface area contributed by atoms with Gasteiger partial charge in [0.1, 0.15) is 5.82 Å². The SMILES string of the molecule is NCCc1cc(=O)c2ccc(F)cc2[nH]1. The molecule has 0 fully saturated rings. The van der Waals surface area contributed by atoms with Gasteiger partial charge in [0.25, 0.3) is 0 Å². The van der Waals surface area contributed by atoms with E-state index in [-0.39, 0.29) is 11.2 Å². The van der Waals surface area contributed by atoms with Crippen LogP contribution in [0.25, 0.3) is 10.9 Å². The van der Waals surface area contributed by atoms with Crippen LogP contribution in [0.15, 0.2) is 29.1 Å². The lowest BCUT2D eigenvalue weighted by Crippen LogP contribution is -2.09. The summed E-state index contributed by atoms with van der Waals surface area (Å²) in [5, 5.41) is 0.497. The highest BCUT2D eigenvalue weighted by Gasteiger charge is 2.02. The first-order chi connectivity index (χ1) is 7.20. The number of H-pyrrole nitrogens is 1. The van der Waals surface area contributed by atoms with Gasteiger partial charge in [0.2, 0.25) is 0 Å². The molecule has 0 unspecified atom stereocenters. The van der Waals surface area contributed by atoms with Crippen LogP contribution in [0.2, 0.25) is 0 Å². The Morgan fingerprint density at radius 3 is 2.87 bits per heavy atom. The first-order valence-electron chi connectivity index (χ1n) is 4.72. The minimum atomic E-state index is -0.358. The predicted octanol–water partition coefficient (Wildman–Crippen LogP) is 1.17. The average molecular weight is 206 g/mol. The van der Waals surface area contributed by atoms with Crippen LogP contribution in [-0.4, -0.2) is 11.5 Å². The molecule has 0 amide bonds. The van der Waals surface area contributed by atoms with Gasteiger partial charge in [-0.2, -0.15) is 0 Å². The maximum Gasteiger partial charge on any atom is 0.189 e. The molecule has 2 rings (SSSR count). The fourth-order valence-corrected chi connectivity index (χ4v) is 1.57. The van der Waals surface area contributed by atoms with Gasteiger partial charge in [0.15, 0.2) is 5.43 Å². The summed E-state index contributed by atoms with van der Waals surface area (Å²) in [5.74, 6) is -0.358. The Morgan fingerprint density at radius 1 is 1.33 bits per heavy atom. The minimum Gasteiger partial charge on any atom is -0.358 e. The van der Waals surface area contributed by atoms with Crippen molar-refractivity contribution in [2.45, 2.75) is 6.42 Å². The van der Waals surface area contributed by atoms with Gasteiger partial charge < -0.3 is 10.7 Å². The molecule has 0 aliphatic carbocycles. The van der Waals surface area contributed by atoms with Crippen molar-refractivity contribution in [1.29, 1.82) is 0 Å². The molecule has 4 heteroatoms. The highest BCUT2D eigenvalue weighted by molar-refractivity contribution is 5.78. The molecular weight excluding hydrogens is 195 g/mol. The Hall–Kier alpha value is -1.68. The topological polar surface area (TPSA) is 58.9 Å². The minimum absolute atomic E-state index is 0.104. The van der Waals surface area contributed by atoms with Crippen molar-refractivity contribution in [3.05, 3.63) is 46.0 Å². The van der Waals surface area contributed by atoms with Crippen molar-refractivity contribution >= 4 is 10.9 Å². The van der Waals surface area contributed by atoms with Crippen molar-refractivity contribution < 1.29 is 4.39 Å². The summed E-state index contributed by atoms with van der Waals surface area (Å²) in [6, 6.07) is 5.58. The second kappa shape index (κ2) is 3.82. The van der Waals surface area contributed by atoms with Crippen molar-refractivity contribution in [2.24, 2.45) is 5.73 Å². The van der Waals surface area contributed by atoms with Gasteiger partial charge in [-0.1, -0.05) is 0 Å². The highest BCUT2D eigenvalue weighted by Crippen LogP contribution is 2.10. The summed E-state index contributed by atoms with van der Waals surface area (Å²) < 4.78 is 12.9. The number of fused-ring (bicyclic) bond motifs is 1. The van der Waals surface area contributed by atoms with E-state index >= 15 is 0 Å². The molecule has 15 heavy (non-hydrogen) atoms. The lowest BCUT2D eigenvalue weighted by Gasteiger charge is -2.02. The van der Waals surface area contributed by atoms with Crippen LogP contribution in [-0.2, 0) is 6.42 Å². The molecule has 3 N–H and O–H groups in total. The van der Waals surface area contributed by atoms with E-state index in [0.29, 0.717) is 23.9 Å². The molecule has 0 aliphatic rings. The molecule has 0 spiro atoms. The third-order valence-electron chi connectivity index (χ3n) is 2.26. The van der Waals surface area contributed by atoms with Crippen molar-refractivity contribution in [1.82, 2.24) is 4.98 Å². The Bertz CT molecular complexity index is 548. The molecule has 2 aromatic rings. The molecule has 3 nitrogen and oxygen atoms in total. The largest absolute Gasteiger partial charge is 0.358 e. The van der Waals surface area contributed by atoms with Crippen LogP contribution < -0.4 is 11.2 Å². The van der Waals surface area contributed by atoms with E-state index in [1.807, 2.05) is 0 Å². The number of hydrogen-bond acceptors (Lipinski definition) is 2. The summed E-state index contributed by atoms with van der Waals surface area (Å²) in [4.78, 5) is 14.6. The summed E-state index contributed by atoms with van der Waals surface area (Å²) >= 11 is 0. The fraction of sp³-hybridized carbons (Fsp3) is 0.182. The molecule has 0 aliphatic heterocycles. The van der Waals surface area contributed by atoms with Crippen LogP contribution in [0.4, 0.5) is 4.39 Å². The number of nitrogens with two attached hydrogens (primary N) is 1. The van der Waals surface area contributed by atoms with E-state index < -0.39 is 0 Å². The zero-order valence-electron chi connectivity index (χ0n) is 8.09. The quantitative estimate of drug-likeness (QED) is 0.774. The Balaban J connectivity index is 2.68. The number of aromatic nitrogens is 1. The lowest BCUT2D eigenvalue weighted by molar-refractivity contribution is 0.629. The smallest absolute Gasteiger partial charge is 0.189 e. The van der Waals surface area contributed by atoms with Crippen LogP contribution in [0.1, 0.15) is 5.69 Å². The Morgan fingerprint density at radius 2 is 2.13 bits per heavy atom. The third-order valence-corrected chi connectivity index (χ3v) is 2.26. The van der Waals surface area contributed by atoms with Gasteiger partial charge in [-0.15, -0.1) is 0 Å². The van der Waals surface area contributed by atoms with Crippen LogP contribution in [0.3, 0.4) is 0 Å². The maximum atomic E-state index is 12.9. The molecular formula is C11H11FN2O. The molecule has 0 bridgehead atoms. The first-order valence-corrected chi connectivity index (χ1v) is 4.72. The monoisotopic (exact) mass is 206 g/mol. The summed E-state index contributed by atoms with van der Waals surface area (Å²) in [6.07, 6.45) is 0.585. The van der Waals surface area contributed by atoms with Crippen LogP contribution in [0, 0.1) is 5.82 Å². The number of aromatic amines is 1. The second-order valence-electron chi connectivity index (χ2n) is 3.39. The molecule has 0 saturated carbocycles. The number of pyridine rings is 1. The van der Waals surface area contributed by atoms with Crippen molar-refractivity contribution in [2.75, 3.05) is 6.54 Å². The van der Waals surface area contributed by atoms with E-state index in [2.05, 4.69) is 4.98 Å². The highest BCUT2D eigenvalue weighted by atomic mass is 19.1. The zero-order valence-corrected chi connectivity index (χ0v) is 8.09. The number of halogens is 1. The second-order valence-corrected chi connectivity index (χ2v) is 3.39. The van der Waals surface area contributed by atoms with E-state index in [4.69, 9.17) is 5.73 Å². The van der Waals surface area contributed by atoms with Gasteiger partial charge in [0, 0.05) is 17.1 Å². The van der Waals surface area contributed by atoms with E-state index in [1.54, 1.807) is 0 Å². The molecule has 1 heterocycles. The molecule has 0 saturated heterocycles. The molecule has 1 aromatic carbocycles. The van der Waals surface area contributed by atoms with Crippen molar-refractivity contribution in [3.63, 3.8) is 0 Å². The Kier molecular flexibility index (Phi) is 2.51. The molecule has 1 aromatic heterocycles. The van der Waals surface area contributed by atoms with E-state index in [1.165, 1.54) is 24.3 Å². The van der Waals surface area contributed by atoms with Gasteiger partial charge in [-0.3, -0.25) is 4.79 Å². The van der Waals surface area contributed by atoms with Crippen LogP contribution in [0.5, 0.6) is 0 Å². The molecule has 78 valence electrons. The third kappa shape index (κ3) is 1.89. The van der Waals surface area contributed by atoms with Gasteiger partial charge in [-0.25, -0.2) is 4.39 Å². The first kappa shape index (κ1) is 9.86. The zero-order chi connectivity index (χ0) is 10.8. The summed E-state index contributed by atoms with van der Waals surface area (Å²) in [7, 11) is 0. The van der Waals surface area contributed by atoms with E-state index in [9.17, 15) is 9.18 Å². The van der Waals surface area contributed by atoms with Gasteiger partial charge in [0.05, 0.1) is 5.52 Å². The maximum absolute atomic E-state index is 12.9. The molecule has 0 radical (unpaired) electrons. The molecule has 0 atom stereocenters. The summed E-state index contributed by atoms with van der Waals surface area (Å²) in [5.41, 5.74) is 6.54. The number of benzene rings is 1. The van der Waals surface area contributed by atoms with Gasteiger partial charge >= 0.3 is 0 Å². The standard InChI is InChI=1S/C11H11FN2O/c12-7-1-2-9-10(5-7)14-8(3-4-13)6-11(9)15/h1-2,5-6H,3-4,13H2,(H,14,15).